The highest BCUT2D eigenvalue weighted by atomic mass is 32.1. The Hall–Kier alpha value is -1.24. The molecule has 6 heteroatoms. The van der Waals surface area contributed by atoms with Crippen molar-refractivity contribution in [1.29, 1.82) is 0 Å². The number of thiazole rings is 1. The van der Waals surface area contributed by atoms with E-state index in [1.165, 1.54) is 11.3 Å². The van der Waals surface area contributed by atoms with Crippen molar-refractivity contribution in [2.24, 2.45) is 17.6 Å². The maximum absolute atomic E-state index is 12.5. The van der Waals surface area contributed by atoms with Crippen LogP contribution in [0.1, 0.15) is 18.5 Å². The number of hydrogen-bond acceptors (Lipinski definition) is 5. The van der Waals surface area contributed by atoms with Gasteiger partial charge in [-0.2, -0.15) is 0 Å². The molecule has 3 heterocycles. The largest absolute Gasteiger partial charge is 0.342 e. The van der Waals surface area contributed by atoms with Crippen LogP contribution >= 0.6 is 22.7 Å². The van der Waals surface area contributed by atoms with E-state index in [0.717, 1.165) is 30.2 Å². The lowest BCUT2D eigenvalue weighted by Crippen LogP contribution is -2.34. The summed E-state index contributed by atoms with van der Waals surface area (Å²) in [4.78, 5) is 20.3. The molecule has 2 N–H and O–H groups in total. The highest BCUT2D eigenvalue weighted by Gasteiger charge is 2.42. The number of rotatable bonds is 3. The van der Waals surface area contributed by atoms with Gasteiger partial charge in [-0.05, 0) is 36.1 Å². The normalized spacial score (nSPS) is 27.3. The highest BCUT2D eigenvalue weighted by Crippen LogP contribution is 2.37. The third kappa shape index (κ3) is 2.59. The van der Waals surface area contributed by atoms with Crippen LogP contribution in [0.15, 0.2) is 22.9 Å². The predicted octanol–water partition coefficient (Wildman–Crippen LogP) is 2.61. The fraction of sp³-hybridized carbons (Fsp3) is 0.500. The molecule has 2 aliphatic rings. The van der Waals surface area contributed by atoms with Crippen molar-refractivity contribution >= 4 is 28.6 Å². The van der Waals surface area contributed by atoms with E-state index in [4.69, 9.17) is 5.73 Å². The summed E-state index contributed by atoms with van der Waals surface area (Å²) in [6.07, 6.45) is 2.71. The summed E-state index contributed by atoms with van der Waals surface area (Å²) in [5.41, 5.74) is 7.03. The second-order valence-electron chi connectivity index (χ2n) is 6.26. The number of fused-ring (bicyclic) bond motifs is 1. The van der Waals surface area contributed by atoms with Crippen molar-refractivity contribution in [1.82, 2.24) is 9.88 Å². The van der Waals surface area contributed by atoms with Gasteiger partial charge in [0.15, 0.2) is 0 Å². The Labute approximate surface area is 138 Å². The summed E-state index contributed by atoms with van der Waals surface area (Å²) >= 11 is 3.30. The topological polar surface area (TPSA) is 59.2 Å². The quantitative estimate of drug-likeness (QED) is 0.939. The van der Waals surface area contributed by atoms with Crippen LogP contribution in [0.5, 0.6) is 0 Å². The molecule has 0 spiro atoms. The Bertz CT molecular complexity index is 667. The zero-order chi connectivity index (χ0) is 15.1. The molecular formula is C16H19N3OS2. The minimum atomic E-state index is 0.199. The van der Waals surface area contributed by atoms with Crippen molar-refractivity contribution in [2.75, 3.05) is 13.1 Å². The second-order valence-corrected chi connectivity index (χ2v) is 8.07. The molecule has 0 bridgehead atoms. The number of amides is 1. The molecule has 1 saturated heterocycles. The number of thiophene rings is 1. The van der Waals surface area contributed by atoms with Crippen molar-refractivity contribution in [3.05, 3.63) is 28.6 Å². The summed E-state index contributed by atoms with van der Waals surface area (Å²) < 4.78 is 0. The number of hydrogen-bond donors (Lipinski definition) is 1. The standard InChI is InChI=1S/C16H19N3OS2/c17-13-4-3-10-7-19(8-12(10)13)15(20)6-11-9-22-16(18-11)14-2-1-5-21-14/h1-2,5,9-10,12-13H,3-4,6-8,17H2. The summed E-state index contributed by atoms with van der Waals surface area (Å²) in [6.45, 7) is 1.73. The zero-order valence-corrected chi connectivity index (χ0v) is 13.9. The number of nitrogens with zero attached hydrogens (tertiary/aromatic N) is 2. The minimum absolute atomic E-state index is 0.199. The van der Waals surface area contributed by atoms with Crippen molar-refractivity contribution in [3.8, 4) is 9.88 Å². The average Bonchev–Trinajstić information content (AvgIpc) is 3.23. The first-order chi connectivity index (χ1) is 10.7. The summed E-state index contributed by atoms with van der Waals surface area (Å²) in [5.74, 6) is 1.33. The Kier molecular flexibility index (Phi) is 3.76. The molecule has 1 amide bonds. The van der Waals surface area contributed by atoms with E-state index in [1.807, 2.05) is 21.7 Å². The molecule has 2 aromatic heterocycles. The van der Waals surface area contributed by atoms with Gasteiger partial charge >= 0.3 is 0 Å². The molecule has 4 rings (SSSR count). The molecule has 2 fully saturated rings. The van der Waals surface area contributed by atoms with E-state index in [2.05, 4.69) is 11.1 Å². The van der Waals surface area contributed by atoms with Gasteiger partial charge in [-0.25, -0.2) is 4.98 Å². The Morgan fingerprint density at radius 2 is 2.27 bits per heavy atom. The lowest BCUT2D eigenvalue weighted by Gasteiger charge is -2.18. The lowest BCUT2D eigenvalue weighted by molar-refractivity contribution is -0.129. The number of aromatic nitrogens is 1. The number of nitrogens with two attached hydrogens (primary N) is 1. The van der Waals surface area contributed by atoms with E-state index >= 15 is 0 Å². The summed E-state index contributed by atoms with van der Waals surface area (Å²) in [7, 11) is 0. The van der Waals surface area contributed by atoms with Crippen LogP contribution in [-0.2, 0) is 11.2 Å². The molecular weight excluding hydrogens is 314 g/mol. The average molecular weight is 333 g/mol. The maximum atomic E-state index is 12.5. The van der Waals surface area contributed by atoms with Gasteiger partial charge in [-0.1, -0.05) is 6.07 Å². The van der Waals surface area contributed by atoms with Gasteiger partial charge in [-0.3, -0.25) is 4.79 Å². The smallest absolute Gasteiger partial charge is 0.228 e. The van der Waals surface area contributed by atoms with Gasteiger partial charge in [-0.15, -0.1) is 22.7 Å². The summed E-state index contributed by atoms with van der Waals surface area (Å²) in [6, 6.07) is 4.38. The van der Waals surface area contributed by atoms with Crippen LogP contribution in [0.3, 0.4) is 0 Å². The second kappa shape index (κ2) is 5.76. The minimum Gasteiger partial charge on any atom is -0.342 e. The molecule has 2 aromatic rings. The molecule has 0 aromatic carbocycles. The monoisotopic (exact) mass is 333 g/mol. The van der Waals surface area contributed by atoms with Gasteiger partial charge < -0.3 is 10.6 Å². The van der Waals surface area contributed by atoms with Gasteiger partial charge in [0.25, 0.3) is 0 Å². The van der Waals surface area contributed by atoms with Gasteiger partial charge in [0.2, 0.25) is 5.91 Å². The number of carbonyl (C=O) groups excluding carboxylic acids is 1. The molecule has 1 aliphatic heterocycles. The number of likely N-dealkylation sites (tertiary alicyclic amines) is 1. The molecule has 22 heavy (non-hydrogen) atoms. The molecule has 1 saturated carbocycles. The molecule has 4 nitrogen and oxygen atoms in total. The van der Waals surface area contributed by atoms with Crippen LogP contribution < -0.4 is 5.73 Å². The first-order valence-electron chi connectivity index (χ1n) is 7.72. The van der Waals surface area contributed by atoms with E-state index in [9.17, 15) is 4.79 Å². The third-order valence-electron chi connectivity index (χ3n) is 4.88. The molecule has 0 radical (unpaired) electrons. The van der Waals surface area contributed by atoms with E-state index < -0.39 is 0 Å². The van der Waals surface area contributed by atoms with Crippen LogP contribution in [0, 0.1) is 11.8 Å². The van der Waals surface area contributed by atoms with Crippen LogP contribution in [0.4, 0.5) is 0 Å². The van der Waals surface area contributed by atoms with E-state index in [1.54, 1.807) is 22.7 Å². The zero-order valence-electron chi connectivity index (χ0n) is 12.3. The van der Waals surface area contributed by atoms with Gasteiger partial charge in [0.05, 0.1) is 17.0 Å². The Morgan fingerprint density at radius 1 is 1.36 bits per heavy atom. The third-order valence-corrected chi connectivity index (χ3v) is 6.81. The summed E-state index contributed by atoms with van der Waals surface area (Å²) in [5, 5.41) is 5.07. The van der Waals surface area contributed by atoms with E-state index in [-0.39, 0.29) is 11.9 Å². The lowest BCUT2D eigenvalue weighted by atomic mass is 9.98. The van der Waals surface area contributed by atoms with Crippen LogP contribution in [0.25, 0.3) is 9.88 Å². The molecule has 3 atom stereocenters. The molecule has 3 unspecified atom stereocenters. The van der Waals surface area contributed by atoms with Crippen LogP contribution in [0.2, 0.25) is 0 Å². The molecule has 1 aliphatic carbocycles. The van der Waals surface area contributed by atoms with Crippen molar-refractivity contribution < 1.29 is 4.79 Å². The van der Waals surface area contributed by atoms with E-state index in [0.29, 0.717) is 18.3 Å². The highest BCUT2D eigenvalue weighted by molar-refractivity contribution is 7.20. The van der Waals surface area contributed by atoms with Crippen molar-refractivity contribution in [2.45, 2.75) is 25.3 Å². The van der Waals surface area contributed by atoms with Gasteiger partial charge in [0, 0.05) is 24.5 Å². The van der Waals surface area contributed by atoms with Crippen LogP contribution in [-0.4, -0.2) is 34.9 Å². The predicted molar refractivity (Wildman–Crippen MR) is 89.9 cm³/mol. The fourth-order valence-corrected chi connectivity index (χ4v) is 5.31. The molecule has 116 valence electrons. The first-order valence-corrected chi connectivity index (χ1v) is 9.48. The Morgan fingerprint density at radius 3 is 3.05 bits per heavy atom. The SMILES string of the molecule is NC1CCC2CN(C(=O)Cc3csc(-c4cccs4)n3)CC12. The van der Waals surface area contributed by atoms with Crippen molar-refractivity contribution in [3.63, 3.8) is 0 Å². The first kappa shape index (κ1) is 14.4. The Balaban J connectivity index is 1.41. The number of carbonyl (C=O) groups is 1. The fourth-order valence-electron chi connectivity index (χ4n) is 3.68. The van der Waals surface area contributed by atoms with Gasteiger partial charge in [0.1, 0.15) is 5.01 Å². The maximum Gasteiger partial charge on any atom is 0.228 e.